The van der Waals surface area contributed by atoms with Crippen molar-refractivity contribution in [3.63, 3.8) is 0 Å². The van der Waals surface area contributed by atoms with Crippen molar-refractivity contribution >= 4 is 32.7 Å². The molecule has 3 aromatic rings. The van der Waals surface area contributed by atoms with Gasteiger partial charge in [0.1, 0.15) is 5.75 Å². The fourth-order valence-corrected chi connectivity index (χ4v) is 9.48. The van der Waals surface area contributed by atoms with E-state index in [9.17, 15) is 18.0 Å². The van der Waals surface area contributed by atoms with E-state index >= 15 is 0 Å². The molecule has 10 heteroatoms. The van der Waals surface area contributed by atoms with Crippen molar-refractivity contribution < 1.29 is 22.7 Å². The number of sulfonamides is 1. The summed E-state index contributed by atoms with van der Waals surface area (Å²) in [4.78, 5) is 32.4. The van der Waals surface area contributed by atoms with E-state index in [1.54, 1.807) is 27.0 Å². The molecular weight excluding hydrogens is 588 g/mol. The summed E-state index contributed by atoms with van der Waals surface area (Å²) in [5.41, 5.74) is 5.37. The number of amides is 2. The van der Waals surface area contributed by atoms with Crippen LogP contribution in [0.25, 0.3) is 22.2 Å². The molecule has 1 aromatic heterocycles. The smallest absolute Gasteiger partial charge is 0.264 e. The molecule has 0 radical (unpaired) electrons. The van der Waals surface area contributed by atoms with Crippen molar-refractivity contribution in [2.45, 2.75) is 94.6 Å². The average molecular weight is 631 g/mol. The second-order valence-electron chi connectivity index (χ2n) is 14.3. The van der Waals surface area contributed by atoms with Crippen LogP contribution in [-0.4, -0.2) is 72.8 Å². The van der Waals surface area contributed by atoms with E-state index < -0.39 is 26.6 Å². The van der Waals surface area contributed by atoms with Crippen molar-refractivity contribution in [2.24, 2.45) is 5.41 Å². The maximum absolute atomic E-state index is 14.6. The summed E-state index contributed by atoms with van der Waals surface area (Å²) < 4.78 is 35.5. The van der Waals surface area contributed by atoms with Crippen LogP contribution in [0.15, 0.2) is 36.4 Å². The predicted octanol–water partition coefficient (Wildman–Crippen LogP) is 5.19. The van der Waals surface area contributed by atoms with Crippen LogP contribution in [0.3, 0.4) is 0 Å². The minimum absolute atomic E-state index is 0.0808. The average Bonchev–Trinajstić information content (AvgIpc) is 3.35. The quantitative estimate of drug-likeness (QED) is 0.402. The molecule has 9 rings (SSSR count). The number of rotatable bonds is 6. The van der Waals surface area contributed by atoms with Gasteiger partial charge in [-0.2, -0.15) is 0 Å². The summed E-state index contributed by atoms with van der Waals surface area (Å²) >= 11 is 0. The number of ether oxygens (including phenoxy) is 1. The fraction of sp³-hybridized carbons (Fsp3) is 0.543. The highest BCUT2D eigenvalue weighted by Gasteiger charge is 2.67. The molecule has 6 aliphatic rings. The van der Waals surface area contributed by atoms with Crippen LogP contribution in [0, 0.1) is 5.41 Å². The lowest BCUT2D eigenvalue weighted by atomic mass is 9.81. The van der Waals surface area contributed by atoms with Gasteiger partial charge in [-0.25, -0.2) is 13.1 Å². The van der Waals surface area contributed by atoms with E-state index in [1.165, 1.54) is 30.4 Å². The number of fused-ring (bicyclic) bond motifs is 8. The Labute approximate surface area is 264 Å². The number of carbonyl (C=O) groups is 2. The number of carbonyl (C=O) groups excluding carboxylic acids is 2. The Bertz CT molecular complexity index is 1860. The summed E-state index contributed by atoms with van der Waals surface area (Å²) in [6.07, 6.45) is 7.77. The number of hydrogen-bond acceptors (Lipinski definition) is 6. The number of likely N-dealkylation sites (N-methyl/N-ethyl adjacent to an activating group) is 1. The van der Waals surface area contributed by atoms with Gasteiger partial charge in [0.25, 0.3) is 5.91 Å². The number of hydrogen-bond donors (Lipinski definition) is 1. The van der Waals surface area contributed by atoms with Gasteiger partial charge >= 0.3 is 0 Å². The van der Waals surface area contributed by atoms with Crippen LogP contribution in [0.4, 0.5) is 0 Å². The first-order chi connectivity index (χ1) is 21.5. The van der Waals surface area contributed by atoms with Crippen LogP contribution in [0.1, 0.15) is 92.1 Å². The van der Waals surface area contributed by atoms with Crippen molar-refractivity contribution in [1.82, 2.24) is 19.1 Å². The molecule has 2 amide bonds. The minimum Gasteiger partial charge on any atom is -0.497 e. The van der Waals surface area contributed by atoms with E-state index in [2.05, 4.69) is 38.3 Å². The molecular formula is C35H42N4O5S. The number of benzene rings is 2. The molecule has 45 heavy (non-hydrogen) atoms. The minimum atomic E-state index is -3.79. The van der Waals surface area contributed by atoms with Crippen LogP contribution >= 0.6 is 0 Å². The van der Waals surface area contributed by atoms with Gasteiger partial charge in [0, 0.05) is 53.5 Å². The lowest BCUT2D eigenvalue weighted by Gasteiger charge is -2.43. The van der Waals surface area contributed by atoms with E-state index in [0.29, 0.717) is 18.0 Å². The maximum atomic E-state index is 14.6. The summed E-state index contributed by atoms with van der Waals surface area (Å²) in [6, 6.07) is 12.2. The largest absolute Gasteiger partial charge is 0.497 e. The van der Waals surface area contributed by atoms with Gasteiger partial charge < -0.3 is 14.2 Å². The predicted molar refractivity (Wildman–Crippen MR) is 173 cm³/mol. The molecule has 2 aromatic carbocycles. The van der Waals surface area contributed by atoms with Gasteiger partial charge in [-0.05, 0) is 87.5 Å². The van der Waals surface area contributed by atoms with Gasteiger partial charge in [0.05, 0.1) is 29.6 Å². The normalized spacial score (nSPS) is 27.4. The highest BCUT2D eigenvalue weighted by molar-refractivity contribution is 7.90. The molecule has 2 saturated carbocycles. The molecule has 5 heterocycles. The van der Waals surface area contributed by atoms with Gasteiger partial charge in [-0.3, -0.25) is 14.5 Å². The fourth-order valence-electron chi connectivity index (χ4n) is 8.87. The Hall–Kier alpha value is -3.37. The first-order valence-electron chi connectivity index (χ1n) is 16.5. The Kier molecular flexibility index (Phi) is 6.50. The van der Waals surface area contributed by atoms with Crippen molar-refractivity contribution in [3.8, 4) is 17.0 Å². The topological polar surface area (TPSA) is 101 Å². The standard InChI is InChI=1S/C35H42N4O5S/c1-20(2)45(42,43)36-33(40)22-10-12-26-29(14-22)38-19-35(34(41)39-23-15-30(39)37(3)18-23)17-28(35)27-16-24(44-4)11-13-25(27)32(38)31(26)21-8-6-5-7-9-21/h10-14,16,20-21,23,28,30H,5-9,15,17-19H2,1-4H3,(H,36,40)/t23?,28-,30?,35-/m0/s1. The van der Waals surface area contributed by atoms with E-state index in [1.807, 2.05) is 18.2 Å². The second-order valence-corrected chi connectivity index (χ2v) is 16.6. The Morgan fingerprint density at radius 2 is 1.84 bits per heavy atom. The number of nitrogens with zero attached hydrogens (tertiary/aromatic N) is 3. The van der Waals surface area contributed by atoms with Gasteiger partial charge in [0.15, 0.2) is 0 Å². The lowest BCUT2D eigenvalue weighted by molar-refractivity contribution is -0.149. The molecule has 3 saturated heterocycles. The van der Waals surface area contributed by atoms with E-state index in [0.717, 1.165) is 60.1 Å². The summed E-state index contributed by atoms with van der Waals surface area (Å²) in [7, 11) is 0.00160. The SMILES string of the molecule is COc1ccc2c(c1)[C@@H]1C[C@]1(C(=O)N1C3CC1N(C)C3)Cn1c-2c(C2CCCCC2)c2ccc(C(=O)NS(=O)(=O)C(C)C)cc21. The molecule has 0 spiro atoms. The molecule has 2 aliphatic carbocycles. The lowest BCUT2D eigenvalue weighted by Crippen LogP contribution is -2.57. The van der Waals surface area contributed by atoms with E-state index in [-0.39, 0.29) is 24.0 Å². The summed E-state index contributed by atoms with van der Waals surface area (Å²) in [6.45, 7) is 4.56. The van der Waals surface area contributed by atoms with Crippen LogP contribution < -0.4 is 9.46 Å². The third-order valence-corrected chi connectivity index (χ3v) is 13.2. The zero-order valence-electron chi connectivity index (χ0n) is 26.5. The van der Waals surface area contributed by atoms with Gasteiger partial charge in [0.2, 0.25) is 15.9 Å². The zero-order chi connectivity index (χ0) is 31.4. The van der Waals surface area contributed by atoms with E-state index in [4.69, 9.17) is 4.74 Å². The summed E-state index contributed by atoms with van der Waals surface area (Å²) in [5, 5.41) is 0.363. The van der Waals surface area contributed by atoms with Crippen molar-refractivity contribution in [2.75, 3.05) is 20.7 Å². The molecule has 4 aliphatic heterocycles. The van der Waals surface area contributed by atoms with Crippen molar-refractivity contribution in [1.29, 1.82) is 0 Å². The van der Waals surface area contributed by atoms with Crippen LogP contribution in [0.5, 0.6) is 5.75 Å². The molecule has 9 nitrogen and oxygen atoms in total. The monoisotopic (exact) mass is 630 g/mol. The molecule has 1 N–H and O–H groups in total. The van der Waals surface area contributed by atoms with Crippen LogP contribution in [-0.2, 0) is 21.4 Å². The van der Waals surface area contributed by atoms with Gasteiger partial charge in [-0.15, -0.1) is 0 Å². The highest BCUT2D eigenvalue weighted by Crippen LogP contribution is 2.67. The highest BCUT2D eigenvalue weighted by atomic mass is 32.2. The summed E-state index contributed by atoms with van der Waals surface area (Å²) in [5.74, 6) is 0.846. The first-order valence-corrected chi connectivity index (χ1v) is 18.0. The molecule has 4 atom stereocenters. The first kappa shape index (κ1) is 29.1. The number of nitrogens with one attached hydrogen (secondary N) is 1. The Morgan fingerprint density at radius 1 is 1.07 bits per heavy atom. The Morgan fingerprint density at radius 3 is 2.51 bits per heavy atom. The molecule has 5 fully saturated rings. The maximum Gasteiger partial charge on any atom is 0.264 e. The second kappa shape index (κ2) is 10.1. The molecule has 238 valence electrons. The third kappa shape index (κ3) is 4.24. The van der Waals surface area contributed by atoms with Crippen LogP contribution in [0.2, 0.25) is 0 Å². The molecule has 2 bridgehead atoms. The number of methoxy groups -OCH3 is 1. The zero-order valence-corrected chi connectivity index (χ0v) is 27.3. The van der Waals surface area contributed by atoms with Gasteiger partial charge in [-0.1, -0.05) is 25.3 Å². The Balaban J connectivity index is 1.33. The number of aromatic nitrogens is 1. The van der Waals surface area contributed by atoms with Crippen molar-refractivity contribution in [3.05, 3.63) is 53.1 Å². The third-order valence-electron chi connectivity index (χ3n) is 11.5. The molecule has 2 unspecified atom stereocenters.